The van der Waals surface area contributed by atoms with E-state index in [1.54, 1.807) is 28.4 Å². The largest absolute Gasteiger partial charge is 0.415 e. The van der Waals surface area contributed by atoms with Gasteiger partial charge in [-0.2, -0.15) is 0 Å². The van der Waals surface area contributed by atoms with Gasteiger partial charge in [0.2, 0.25) is 0 Å². The molecule has 3 fully saturated rings. The smallest absolute Gasteiger partial charge is 0.192 e. The van der Waals surface area contributed by atoms with E-state index < -0.39 is 53.1 Å². The van der Waals surface area contributed by atoms with Crippen LogP contribution in [0.3, 0.4) is 0 Å². The molecule has 0 unspecified atom stereocenters. The highest BCUT2D eigenvalue weighted by Gasteiger charge is 2.57. The molecule has 50 heavy (non-hydrogen) atoms. The lowest BCUT2D eigenvalue weighted by Gasteiger charge is -2.49. The fourth-order valence-corrected chi connectivity index (χ4v) is 8.66. The first-order valence-corrected chi connectivity index (χ1v) is 23.9. The van der Waals surface area contributed by atoms with E-state index in [0.717, 1.165) is 0 Å². The van der Waals surface area contributed by atoms with E-state index in [1.807, 2.05) is 13.8 Å². The number of piperidine rings is 1. The normalized spacial score (nSPS) is 33.8. The molecule has 296 valence electrons. The Morgan fingerprint density at radius 3 is 1.68 bits per heavy atom. The summed E-state index contributed by atoms with van der Waals surface area (Å²) in [6.45, 7) is 27.3. The quantitative estimate of drug-likeness (QED) is 0.143. The van der Waals surface area contributed by atoms with Gasteiger partial charge in [0.25, 0.3) is 0 Å². The number of methoxy groups -OCH3 is 4. The zero-order valence-electron chi connectivity index (χ0n) is 33.9. The number of hydrogen-bond donors (Lipinski definition) is 1. The molecule has 0 saturated carbocycles. The van der Waals surface area contributed by atoms with Gasteiger partial charge >= 0.3 is 0 Å². The van der Waals surface area contributed by atoms with Crippen LogP contribution in [0.15, 0.2) is 0 Å². The van der Waals surface area contributed by atoms with Crippen molar-refractivity contribution in [3.05, 3.63) is 0 Å². The van der Waals surface area contributed by atoms with Gasteiger partial charge in [0, 0.05) is 34.5 Å². The van der Waals surface area contributed by atoms with Crippen LogP contribution in [-0.4, -0.2) is 139 Å². The Bertz CT molecular complexity index is 1020. The molecular formula is C35H71NO12Si2. The van der Waals surface area contributed by atoms with Crippen LogP contribution in [0.25, 0.3) is 0 Å². The summed E-state index contributed by atoms with van der Waals surface area (Å²) >= 11 is 0. The molecular weight excluding hydrogens is 683 g/mol. The van der Waals surface area contributed by atoms with Crippen molar-refractivity contribution in [2.24, 2.45) is 0 Å². The van der Waals surface area contributed by atoms with E-state index in [-0.39, 0.29) is 60.9 Å². The van der Waals surface area contributed by atoms with E-state index in [1.165, 1.54) is 0 Å². The SMILES string of the molecule is COCO[C@@H]1[C@@H](OCOC)[C@@H](OC)O[C@H](CC[C@H]2N[C@H](CO[Si](C)(C)C(C)(C)C)[C@@H](O[Si](C)(C)C(C)(C)C)[C@@H]3OC(C)(C)O[C@@H]32)[C@H]1OCOC. The summed E-state index contributed by atoms with van der Waals surface area (Å²) in [7, 11) is 2.01. The van der Waals surface area contributed by atoms with Crippen molar-refractivity contribution in [1.82, 2.24) is 5.32 Å². The van der Waals surface area contributed by atoms with Gasteiger partial charge in [-0.05, 0) is 63.0 Å². The second-order valence-corrected chi connectivity index (χ2v) is 26.9. The van der Waals surface area contributed by atoms with Crippen LogP contribution in [0.5, 0.6) is 0 Å². The fourth-order valence-electron chi connectivity index (χ4n) is 6.30. The Kier molecular flexibility index (Phi) is 16.0. The summed E-state index contributed by atoms with van der Waals surface area (Å²) in [6.07, 6.45) is -2.48. The maximum absolute atomic E-state index is 7.22. The van der Waals surface area contributed by atoms with Gasteiger partial charge in [-0.1, -0.05) is 41.5 Å². The maximum Gasteiger partial charge on any atom is 0.192 e. The van der Waals surface area contributed by atoms with Crippen LogP contribution in [0.4, 0.5) is 0 Å². The van der Waals surface area contributed by atoms with Crippen LogP contribution in [0.2, 0.25) is 36.3 Å². The third kappa shape index (κ3) is 11.0. The number of fused-ring (bicyclic) bond motifs is 1. The van der Waals surface area contributed by atoms with Crippen molar-refractivity contribution in [3.63, 3.8) is 0 Å². The van der Waals surface area contributed by atoms with Crippen molar-refractivity contribution in [2.75, 3.05) is 55.4 Å². The van der Waals surface area contributed by atoms with Crippen LogP contribution < -0.4 is 5.32 Å². The monoisotopic (exact) mass is 753 g/mol. The summed E-state index contributed by atoms with van der Waals surface area (Å²) < 4.78 is 74.1. The minimum Gasteiger partial charge on any atom is -0.415 e. The zero-order chi connectivity index (χ0) is 37.7. The van der Waals surface area contributed by atoms with Gasteiger partial charge in [0.15, 0.2) is 28.7 Å². The van der Waals surface area contributed by atoms with Crippen molar-refractivity contribution in [1.29, 1.82) is 0 Å². The van der Waals surface area contributed by atoms with Gasteiger partial charge < -0.3 is 61.5 Å². The van der Waals surface area contributed by atoms with E-state index in [9.17, 15) is 0 Å². The molecule has 13 nitrogen and oxygen atoms in total. The van der Waals surface area contributed by atoms with Gasteiger partial charge in [0.1, 0.15) is 50.9 Å². The minimum atomic E-state index is -2.22. The molecule has 10 atom stereocenters. The molecule has 0 amide bonds. The molecule has 0 aromatic heterocycles. The van der Waals surface area contributed by atoms with Crippen LogP contribution in [0, 0.1) is 0 Å². The molecule has 0 aliphatic carbocycles. The van der Waals surface area contributed by atoms with E-state index in [0.29, 0.717) is 19.4 Å². The molecule has 3 rings (SSSR count). The molecule has 0 radical (unpaired) electrons. The molecule has 0 spiro atoms. The van der Waals surface area contributed by atoms with E-state index in [2.05, 4.69) is 73.0 Å². The number of rotatable bonds is 18. The first-order chi connectivity index (χ1) is 23.1. The Hall–Kier alpha value is -0.0862. The van der Waals surface area contributed by atoms with E-state index >= 15 is 0 Å². The number of nitrogens with one attached hydrogen (secondary N) is 1. The van der Waals surface area contributed by atoms with Crippen molar-refractivity contribution >= 4 is 16.6 Å². The molecule has 3 aliphatic rings. The average molecular weight is 754 g/mol. The lowest BCUT2D eigenvalue weighted by atomic mass is 9.86. The topological polar surface area (TPSA) is 123 Å². The molecule has 3 heterocycles. The zero-order valence-corrected chi connectivity index (χ0v) is 35.9. The molecule has 1 N–H and O–H groups in total. The van der Waals surface area contributed by atoms with Gasteiger partial charge in [-0.3, -0.25) is 0 Å². The van der Waals surface area contributed by atoms with Crippen molar-refractivity contribution in [2.45, 2.75) is 171 Å². The first-order valence-electron chi connectivity index (χ1n) is 18.1. The first kappa shape index (κ1) is 44.3. The molecule has 15 heteroatoms. The highest BCUT2D eigenvalue weighted by molar-refractivity contribution is 6.74. The third-order valence-electron chi connectivity index (χ3n) is 11.1. The number of hydrogen-bond acceptors (Lipinski definition) is 13. The molecule has 0 aromatic carbocycles. The summed E-state index contributed by atoms with van der Waals surface area (Å²) in [5.41, 5.74) is 0. The van der Waals surface area contributed by atoms with Crippen LogP contribution >= 0.6 is 0 Å². The maximum atomic E-state index is 7.22. The standard InChI is InChI=1S/C35H71NO12Si2/c1-33(2,3)49(13,14)44-19-24-27(48-50(15,16)34(4,5)6)30-26(46-35(7,8)47-30)23(36-24)17-18-25-28(41-20-37-9)29(42-21-38-10)31(43-22-39-11)32(40-12)45-25/h23-32,36H,17-22H2,1-16H3/t23-,24-,25-,26-,27-,28-,29+,30-,31-,32+/m1/s1. The van der Waals surface area contributed by atoms with E-state index in [4.69, 9.17) is 56.2 Å². The Morgan fingerprint density at radius 2 is 1.16 bits per heavy atom. The molecule has 3 aliphatic heterocycles. The molecule has 3 saturated heterocycles. The highest BCUT2D eigenvalue weighted by Crippen LogP contribution is 2.44. The lowest BCUT2D eigenvalue weighted by molar-refractivity contribution is -0.334. The highest BCUT2D eigenvalue weighted by atomic mass is 28.4. The van der Waals surface area contributed by atoms with Crippen LogP contribution in [-0.2, 0) is 56.2 Å². The second-order valence-electron chi connectivity index (χ2n) is 17.3. The second kappa shape index (κ2) is 18.0. The number of ether oxygens (including phenoxy) is 10. The van der Waals surface area contributed by atoms with Crippen LogP contribution in [0.1, 0.15) is 68.2 Å². The molecule has 0 bridgehead atoms. The van der Waals surface area contributed by atoms with Gasteiger partial charge in [-0.25, -0.2) is 0 Å². The van der Waals surface area contributed by atoms with Crippen molar-refractivity contribution in [3.8, 4) is 0 Å². The Labute approximate surface area is 304 Å². The summed E-state index contributed by atoms with van der Waals surface area (Å²) in [5, 5.41) is 4.04. The third-order valence-corrected chi connectivity index (χ3v) is 20.1. The average Bonchev–Trinajstić information content (AvgIpc) is 3.34. The van der Waals surface area contributed by atoms with Gasteiger partial charge in [-0.15, -0.1) is 0 Å². The predicted molar refractivity (Wildman–Crippen MR) is 195 cm³/mol. The Morgan fingerprint density at radius 1 is 0.640 bits per heavy atom. The lowest BCUT2D eigenvalue weighted by Crippen LogP contribution is -2.68. The summed E-state index contributed by atoms with van der Waals surface area (Å²) in [5.74, 6) is -0.781. The predicted octanol–water partition coefficient (Wildman–Crippen LogP) is 5.38. The summed E-state index contributed by atoms with van der Waals surface area (Å²) in [4.78, 5) is 0. The summed E-state index contributed by atoms with van der Waals surface area (Å²) in [6, 6.07) is -0.214. The van der Waals surface area contributed by atoms with Gasteiger partial charge in [0.05, 0.1) is 24.9 Å². The minimum absolute atomic E-state index is 0.0127. The fraction of sp³-hybridized carbons (Fsp3) is 1.00. The molecule has 0 aromatic rings. The van der Waals surface area contributed by atoms with Crippen molar-refractivity contribution < 1.29 is 56.2 Å². The Balaban J connectivity index is 1.95.